The minimum absolute atomic E-state index is 0.0207. The van der Waals surface area contributed by atoms with Gasteiger partial charge in [-0.3, -0.25) is 9.59 Å². The molecule has 1 aromatic carbocycles. The zero-order valence-electron chi connectivity index (χ0n) is 14.4. The Morgan fingerprint density at radius 2 is 1.67 bits per heavy atom. The van der Waals surface area contributed by atoms with E-state index >= 15 is 0 Å². The molecule has 0 saturated heterocycles. The van der Waals surface area contributed by atoms with E-state index in [0.29, 0.717) is 5.75 Å². The molecule has 24 heavy (non-hydrogen) atoms. The smallest absolute Gasteiger partial charge is 0.309 e. The van der Waals surface area contributed by atoms with Crippen LogP contribution in [0.3, 0.4) is 0 Å². The molecule has 2 rings (SSSR count). The van der Waals surface area contributed by atoms with Crippen LogP contribution in [0.5, 0.6) is 5.75 Å². The van der Waals surface area contributed by atoms with E-state index in [0.717, 1.165) is 18.4 Å². The molecular weight excluding hydrogens is 306 g/mol. The Hall–Kier alpha value is -2.04. The normalized spacial score (nSPS) is 15.9. The lowest BCUT2D eigenvalue weighted by molar-refractivity contribution is -0.139. The van der Waals surface area contributed by atoms with Crippen molar-refractivity contribution in [2.75, 3.05) is 13.7 Å². The molecule has 0 unspecified atom stereocenters. The fourth-order valence-corrected chi connectivity index (χ4v) is 2.96. The van der Waals surface area contributed by atoms with E-state index < -0.39 is 0 Å². The fourth-order valence-electron chi connectivity index (χ4n) is 2.96. The summed E-state index contributed by atoms with van der Waals surface area (Å²) in [6, 6.07) is 7.42. The van der Waals surface area contributed by atoms with E-state index in [1.807, 2.05) is 0 Å². The number of amides is 1. The van der Waals surface area contributed by atoms with Gasteiger partial charge in [0.25, 0.3) is 5.91 Å². The maximum Gasteiger partial charge on any atom is 0.309 e. The molecule has 0 radical (unpaired) electrons. The van der Waals surface area contributed by atoms with Gasteiger partial charge in [0.05, 0.1) is 13.5 Å². The molecule has 1 aliphatic rings. The molecule has 132 valence electrons. The third kappa shape index (κ3) is 6.60. The number of esters is 1. The Morgan fingerprint density at radius 3 is 2.29 bits per heavy atom. The highest BCUT2D eigenvalue weighted by Crippen LogP contribution is 2.17. The summed E-state index contributed by atoms with van der Waals surface area (Å²) < 4.78 is 10.2. The van der Waals surface area contributed by atoms with Gasteiger partial charge in [-0.1, -0.05) is 44.2 Å². The molecule has 0 aliphatic heterocycles. The molecule has 1 fully saturated rings. The second-order valence-electron chi connectivity index (χ2n) is 6.30. The van der Waals surface area contributed by atoms with Gasteiger partial charge in [-0.15, -0.1) is 0 Å². The van der Waals surface area contributed by atoms with Crippen molar-refractivity contribution < 1.29 is 19.1 Å². The standard InChI is InChI=1S/C19H27NO4/c1-23-19(22)13-15-9-11-17(12-10-15)24-14-18(21)20-16-7-5-3-2-4-6-8-16/h9-12,16H,2-8,13-14H2,1H3,(H,20,21). The Bertz CT molecular complexity index is 519. The minimum Gasteiger partial charge on any atom is -0.484 e. The van der Waals surface area contributed by atoms with Gasteiger partial charge in [0, 0.05) is 6.04 Å². The van der Waals surface area contributed by atoms with Crippen LogP contribution < -0.4 is 10.1 Å². The largest absolute Gasteiger partial charge is 0.484 e. The van der Waals surface area contributed by atoms with Gasteiger partial charge in [-0.25, -0.2) is 0 Å². The number of benzene rings is 1. The van der Waals surface area contributed by atoms with Crippen LogP contribution in [-0.2, 0) is 20.7 Å². The highest BCUT2D eigenvalue weighted by molar-refractivity contribution is 5.77. The van der Waals surface area contributed by atoms with Crippen molar-refractivity contribution in [1.82, 2.24) is 5.32 Å². The van der Waals surface area contributed by atoms with Crippen LogP contribution >= 0.6 is 0 Å². The molecule has 0 aromatic heterocycles. The molecule has 5 heteroatoms. The van der Waals surface area contributed by atoms with Gasteiger partial charge in [-0.05, 0) is 30.5 Å². The summed E-state index contributed by atoms with van der Waals surface area (Å²) >= 11 is 0. The number of ether oxygens (including phenoxy) is 2. The third-order valence-electron chi connectivity index (χ3n) is 4.34. The van der Waals surface area contributed by atoms with E-state index in [4.69, 9.17) is 4.74 Å². The first-order valence-corrected chi connectivity index (χ1v) is 8.75. The van der Waals surface area contributed by atoms with E-state index in [2.05, 4.69) is 10.1 Å². The lowest BCUT2D eigenvalue weighted by atomic mass is 9.97. The number of hydrogen-bond acceptors (Lipinski definition) is 4. The summed E-state index contributed by atoms with van der Waals surface area (Å²) in [7, 11) is 1.37. The number of carbonyl (C=O) groups excluding carboxylic acids is 2. The molecule has 5 nitrogen and oxygen atoms in total. The molecule has 1 aromatic rings. The van der Waals surface area contributed by atoms with Gasteiger partial charge in [-0.2, -0.15) is 0 Å². The summed E-state index contributed by atoms with van der Waals surface area (Å²) in [6.45, 7) is 0.0207. The SMILES string of the molecule is COC(=O)Cc1ccc(OCC(=O)NC2CCCCCCC2)cc1. The van der Waals surface area contributed by atoms with Crippen molar-refractivity contribution in [1.29, 1.82) is 0 Å². The molecule has 0 heterocycles. The number of carbonyl (C=O) groups is 2. The second kappa shape index (κ2) is 9.96. The monoisotopic (exact) mass is 333 g/mol. The van der Waals surface area contributed by atoms with Crippen LogP contribution in [0.15, 0.2) is 24.3 Å². The number of nitrogens with one attached hydrogen (secondary N) is 1. The van der Waals surface area contributed by atoms with Crippen LogP contribution in [0.25, 0.3) is 0 Å². The second-order valence-corrected chi connectivity index (χ2v) is 6.30. The predicted molar refractivity (Wildman–Crippen MR) is 91.9 cm³/mol. The fraction of sp³-hybridized carbons (Fsp3) is 0.579. The highest BCUT2D eigenvalue weighted by Gasteiger charge is 2.14. The minimum atomic E-state index is -0.276. The zero-order valence-corrected chi connectivity index (χ0v) is 14.4. The first kappa shape index (κ1) is 18.3. The van der Waals surface area contributed by atoms with E-state index in [-0.39, 0.29) is 30.9 Å². The molecule has 1 amide bonds. The average Bonchev–Trinajstić information content (AvgIpc) is 2.56. The van der Waals surface area contributed by atoms with Crippen molar-refractivity contribution in [2.45, 2.75) is 57.4 Å². The van der Waals surface area contributed by atoms with E-state index in [1.165, 1.54) is 39.2 Å². The zero-order chi connectivity index (χ0) is 17.2. The predicted octanol–water partition coefficient (Wildman–Crippen LogP) is 3.01. The third-order valence-corrected chi connectivity index (χ3v) is 4.34. The van der Waals surface area contributed by atoms with E-state index in [1.54, 1.807) is 24.3 Å². The van der Waals surface area contributed by atoms with Crippen molar-refractivity contribution in [2.24, 2.45) is 0 Å². The van der Waals surface area contributed by atoms with Crippen molar-refractivity contribution in [3.05, 3.63) is 29.8 Å². The molecule has 0 bridgehead atoms. The van der Waals surface area contributed by atoms with Gasteiger partial charge in [0.1, 0.15) is 5.75 Å². The van der Waals surface area contributed by atoms with Crippen LogP contribution in [-0.4, -0.2) is 31.6 Å². The van der Waals surface area contributed by atoms with Gasteiger partial charge in [0.2, 0.25) is 0 Å². The lowest BCUT2D eigenvalue weighted by Crippen LogP contribution is -2.38. The first-order chi connectivity index (χ1) is 11.7. The van der Waals surface area contributed by atoms with Crippen LogP contribution in [0.4, 0.5) is 0 Å². The Balaban J connectivity index is 1.73. The molecule has 1 N–H and O–H groups in total. The summed E-state index contributed by atoms with van der Waals surface area (Å²) in [5.74, 6) is 0.276. The van der Waals surface area contributed by atoms with Crippen LogP contribution in [0.2, 0.25) is 0 Å². The highest BCUT2D eigenvalue weighted by atomic mass is 16.5. The van der Waals surface area contributed by atoms with Gasteiger partial charge >= 0.3 is 5.97 Å². The lowest BCUT2D eigenvalue weighted by Gasteiger charge is -2.21. The molecule has 0 spiro atoms. The Morgan fingerprint density at radius 1 is 1.04 bits per heavy atom. The van der Waals surface area contributed by atoms with Crippen LogP contribution in [0.1, 0.15) is 50.5 Å². The molecule has 1 saturated carbocycles. The average molecular weight is 333 g/mol. The summed E-state index contributed by atoms with van der Waals surface area (Å²) in [4.78, 5) is 23.2. The quantitative estimate of drug-likeness (QED) is 0.813. The summed E-state index contributed by atoms with van der Waals surface area (Å²) in [5.41, 5.74) is 0.855. The van der Waals surface area contributed by atoms with Gasteiger partial charge in [0.15, 0.2) is 6.61 Å². The number of rotatable bonds is 6. The van der Waals surface area contributed by atoms with Crippen molar-refractivity contribution in [3.8, 4) is 5.75 Å². The molecular formula is C19H27NO4. The summed E-state index contributed by atoms with van der Waals surface area (Å²) in [5, 5.41) is 3.08. The Labute approximate surface area is 143 Å². The van der Waals surface area contributed by atoms with Crippen molar-refractivity contribution >= 4 is 11.9 Å². The topological polar surface area (TPSA) is 64.6 Å². The maximum absolute atomic E-state index is 12.0. The molecule has 0 atom stereocenters. The number of hydrogen-bond donors (Lipinski definition) is 1. The first-order valence-electron chi connectivity index (χ1n) is 8.75. The van der Waals surface area contributed by atoms with E-state index in [9.17, 15) is 9.59 Å². The Kier molecular flexibility index (Phi) is 7.59. The maximum atomic E-state index is 12.0. The number of methoxy groups -OCH3 is 1. The van der Waals surface area contributed by atoms with Gasteiger partial charge < -0.3 is 14.8 Å². The molecule has 1 aliphatic carbocycles. The van der Waals surface area contributed by atoms with Crippen LogP contribution in [0, 0.1) is 0 Å². The van der Waals surface area contributed by atoms with Crippen molar-refractivity contribution in [3.63, 3.8) is 0 Å². The summed E-state index contributed by atoms with van der Waals surface area (Å²) in [6.07, 6.45) is 8.58.